The average Bonchev–Trinajstić information content (AvgIpc) is 3.36. The Morgan fingerprint density at radius 2 is 1.94 bits per heavy atom. The fraction of sp³-hybridized carbons (Fsp3) is 0.417. The van der Waals surface area contributed by atoms with Gasteiger partial charge in [-0.1, -0.05) is 31.6 Å². The highest BCUT2D eigenvalue weighted by molar-refractivity contribution is 9.10. The van der Waals surface area contributed by atoms with E-state index in [-0.39, 0.29) is 12.3 Å². The fourth-order valence-corrected chi connectivity index (χ4v) is 4.77. The molecule has 3 heterocycles. The zero-order chi connectivity index (χ0) is 25.5. The van der Waals surface area contributed by atoms with E-state index in [0.29, 0.717) is 29.2 Å². The first kappa shape index (κ1) is 25.2. The van der Waals surface area contributed by atoms with Gasteiger partial charge < -0.3 is 13.9 Å². The fourth-order valence-electron chi connectivity index (χ4n) is 3.72. The maximum Gasteiger partial charge on any atom is 0.332 e. The number of halogens is 1. The van der Waals surface area contributed by atoms with Crippen LogP contribution < -0.4 is 11.2 Å². The third kappa shape index (κ3) is 4.78. The summed E-state index contributed by atoms with van der Waals surface area (Å²) in [7, 11) is 0.218. The number of hydrogen-bond acceptors (Lipinski definition) is 5. The molecule has 11 heteroatoms. The minimum absolute atomic E-state index is 0.121. The third-order valence-electron chi connectivity index (χ3n) is 6.31. The van der Waals surface area contributed by atoms with Crippen molar-refractivity contribution in [2.45, 2.75) is 59.0 Å². The van der Waals surface area contributed by atoms with E-state index in [4.69, 9.17) is 4.74 Å². The van der Waals surface area contributed by atoms with Crippen LogP contribution in [-0.2, 0) is 31.6 Å². The monoisotopic (exact) mass is 556 g/mol. The summed E-state index contributed by atoms with van der Waals surface area (Å²) in [6, 6.07) is 5.76. The van der Waals surface area contributed by atoms with Crippen molar-refractivity contribution >= 4 is 46.2 Å². The minimum atomic E-state index is -1.40. The second kappa shape index (κ2) is 9.60. The smallest absolute Gasteiger partial charge is 0.332 e. The van der Waals surface area contributed by atoms with E-state index in [0.717, 1.165) is 16.6 Å². The number of hydrogen-bond donors (Lipinski definition) is 0. The number of fused-ring (bicyclic) bond motifs is 2. The standard InChI is InChI=1S/C24H29BrN6O3Si/c1-7-8-11-30-20-21(27-23(30)25)28(3)24(33)31(22(20)32)13-17-9-10-19-18(12-17)26-14-29(19)15-34-16(2)35(4,5)6/h9-10,12,14,16H,11,13,15H2,1-6H3. The maximum atomic E-state index is 13.4. The van der Waals surface area contributed by atoms with Crippen molar-refractivity contribution < 1.29 is 4.74 Å². The summed E-state index contributed by atoms with van der Waals surface area (Å²) < 4.78 is 12.8. The van der Waals surface area contributed by atoms with Crippen molar-refractivity contribution in [3.63, 3.8) is 0 Å². The molecule has 0 N–H and O–H groups in total. The summed E-state index contributed by atoms with van der Waals surface area (Å²) in [5, 5.41) is 0. The van der Waals surface area contributed by atoms with Gasteiger partial charge in [0.05, 0.1) is 38.5 Å². The highest BCUT2D eigenvalue weighted by Crippen LogP contribution is 2.19. The van der Waals surface area contributed by atoms with E-state index < -0.39 is 19.3 Å². The van der Waals surface area contributed by atoms with Gasteiger partial charge in [-0.25, -0.2) is 14.8 Å². The van der Waals surface area contributed by atoms with Gasteiger partial charge in [0.1, 0.15) is 6.73 Å². The predicted molar refractivity (Wildman–Crippen MR) is 143 cm³/mol. The van der Waals surface area contributed by atoms with Gasteiger partial charge in [-0.05, 0) is 47.5 Å². The Balaban J connectivity index is 1.69. The Labute approximate surface area is 212 Å². The molecule has 0 bridgehead atoms. The zero-order valence-corrected chi connectivity index (χ0v) is 23.4. The zero-order valence-electron chi connectivity index (χ0n) is 20.8. The van der Waals surface area contributed by atoms with Crippen LogP contribution in [0.4, 0.5) is 0 Å². The molecule has 3 aromatic heterocycles. The molecule has 0 radical (unpaired) electrons. The summed E-state index contributed by atoms with van der Waals surface area (Å²) in [5.74, 6) is 5.78. The second-order valence-corrected chi connectivity index (χ2v) is 15.9. The summed E-state index contributed by atoms with van der Waals surface area (Å²) >= 11 is 3.39. The minimum Gasteiger partial charge on any atom is -0.361 e. The van der Waals surface area contributed by atoms with Gasteiger partial charge in [0.25, 0.3) is 5.56 Å². The SMILES string of the molecule is CC#CCn1c(Br)nc2c1c(=O)n(Cc1ccc3c(c1)ncn3COC(C)[Si](C)(C)C)c(=O)n2C. The first-order valence-electron chi connectivity index (χ1n) is 11.3. The molecule has 1 aromatic carbocycles. The molecule has 1 unspecified atom stereocenters. The summed E-state index contributed by atoms with van der Waals surface area (Å²) in [4.78, 5) is 35.3. The Bertz CT molecular complexity index is 1600. The number of rotatable bonds is 7. The molecule has 4 aromatic rings. The third-order valence-corrected chi connectivity index (χ3v) is 9.52. The summed E-state index contributed by atoms with van der Waals surface area (Å²) in [5.41, 5.74) is 2.56. The van der Waals surface area contributed by atoms with Crippen LogP contribution in [0.3, 0.4) is 0 Å². The molecule has 35 heavy (non-hydrogen) atoms. The molecule has 0 aliphatic rings. The lowest BCUT2D eigenvalue weighted by molar-refractivity contribution is 0.0589. The second-order valence-electron chi connectivity index (χ2n) is 9.64. The molecule has 0 aliphatic carbocycles. The van der Waals surface area contributed by atoms with Gasteiger partial charge in [-0.15, -0.1) is 5.92 Å². The lowest BCUT2D eigenvalue weighted by atomic mass is 10.2. The number of nitrogens with zero attached hydrogens (tertiary/aromatic N) is 6. The van der Waals surface area contributed by atoms with Crippen LogP contribution in [0.5, 0.6) is 0 Å². The van der Waals surface area contributed by atoms with Crippen molar-refractivity contribution in [2.24, 2.45) is 7.05 Å². The van der Waals surface area contributed by atoms with E-state index in [1.165, 1.54) is 9.13 Å². The van der Waals surface area contributed by atoms with Crippen LogP contribution in [0, 0.1) is 11.8 Å². The van der Waals surface area contributed by atoms with Crippen LogP contribution in [-0.4, -0.2) is 42.0 Å². The first-order valence-corrected chi connectivity index (χ1v) is 15.7. The Morgan fingerprint density at radius 1 is 1.20 bits per heavy atom. The van der Waals surface area contributed by atoms with Gasteiger partial charge in [0.15, 0.2) is 15.9 Å². The molecule has 0 fully saturated rings. The molecule has 0 saturated heterocycles. The van der Waals surface area contributed by atoms with Crippen LogP contribution in [0.25, 0.3) is 22.2 Å². The number of aryl methyl sites for hydroxylation is 1. The Kier molecular flexibility index (Phi) is 6.90. The first-order chi connectivity index (χ1) is 16.5. The molecule has 1 atom stereocenters. The lowest BCUT2D eigenvalue weighted by Crippen LogP contribution is -2.40. The topological polar surface area (TPSA) is 88.9 Å². The highest BCUT2D eigenvalue weighted by atomic mass is 79.9. The van der Waals surface area contributed by atoms with E-state index in [9.17, 15) is 9.59 Å². The average molecular weight is 558 g/mol. The van der Waals surface area contributed by atoms with Crippen LogP contribution >= 0.6 is 15.9 Å². The number of ether oxygens (including phenoxy) is 1. The van der Waals surface area contributed by atoms with E-state index in [1.807, 2.05) is 22.8 Å². The Morgan fingerprint density at radius 3 is 2.63 bits per heavy atom. The highest BCUT2D eigenvalue weighted by Gasteiger charge is 2.23. The predicted octanol–water partition coefficient (Wildman–Crippen LogP) is 3.32. The summed E-state index contributed by atoms with van der Waals surface area (Å²) in [6.45, 7) is 11.5. The molecule has 4 rings (SSSR count). The van der Waals surface area contributed by atoms with Crippen molar-refractivity contribution in [1.29, 1.82) is 0 Å². The van der Waals surface area contributed by atoms with Gasteiger partial charge in [0.2, 0.25) is 0 Å². The molecule has 0 saturated carbocycles. The molecule has 0 spiro atoms. The molecular weight excluding hydrogens is 528 g/mol. The molecule has 184 valence electrons. The van der Waals surface area contributed by atoms with Crippen LogP contribution in [0.15, 0.2) is 38.8 Å². The van der Waals surface area contributed by atoms with Crippen LogP contribution in [0.2, 0.25) is 19.6 Å². The van der Waals surface area contributed by atoms with Gasteiger partial charge in [-0.2, -0.15) is 0 Å². The summed E-state index contributed by atoms with van der Waals surface area (Å²) in [6.07, 6.45) is 1.76. The molecule has 0 amide bonds. The number of benzene rings is 1. The van der Waals surface area contributed by atoms with Crippen molar-refractivity contribution in [1.82, 2.24) is 28.2 Å². The van der Waals surface area contributed by atoms with Gasteiger partial charge in [0, 0.05) is 12.8 Å². The van der Waals surface area contributed by atoms with Crippen molar-refractivity contribution in [3.05, 3.63) is 55.7 Å². The lowest BCUT2D eigenvalue weighted by Gasteiger charge is -2.25. The molecule has 9 nitrogen and oxygen atoms in total. The van der Waals surface area contributed by atoms with E-state index in [2.05, 4.69) is 64.3 Å². The largest absolute Gasteiger partial charge is 0.361 e. The van der Waals surface area contributed by atoms with Gasteiger partial charge >= 0.3 is 5.69 Å². The van der Waals surface area contributed by atoms with E-state index in [1.54, 1.807) is 24.9 Å². The van der Waals surface area contributed by atoms with Crippen LogP contribution in [0.1, 0.15) is 19.4 Å². The van der Waals surface area contributed by atoms with Gasteiger partial charge in [-0.3, -0.25) is 13.9 Å². The number of imidazole rings is 2. The quantitative estimate of drug-likeness (QED) is 0.198. The van der Waals surface area contributed by atoms with E-state index >= 15 is 0 Å². The molecule has 0 aliphatic heterocycles. The van der Waals surface area contributed by atoms with Crippen molar-refractivity contribution in [2.75, 3.05) is 0 Å². The molecular formula is C24H29BrN6O3Si. The Hall–Kier alpha value is -2.94. The normalized spacial score (nSPS) is 12.8. The van der Waals surface area contributed by atoms with Crippen molar-refractivity contribution in [3.8, 4) is 11.8 Å². The number of aromatic nitrogens is 6. The maximum absolute atomic E-state index is 13.4.